The molecule has 0 fully saturated rings. The topological polar surface area (TPSA) is 47.0 Å². The molecule has 0 aliphatic heterocycles. The van der Waals surface area contributed by atoms with Gasteiger partial charge in [0.15, 0.2) is 0 Å². The molecule has 0 aliphatic carbocycles. The minimum absolute atomic E-state index is 0.175. The van der Waals surface area contributed by atoms with Gasteiger partial charge in [-0.25, -0.2) is 9.97 Å². The molecular formula is C16H17N3OS. The van der Waals surface area contributed by atoms with E-state index in [-0.39, 0.29) is 6.04 Å². The molecule has 0 aliphatic rings. The van der Waals surface area contributed by atoms with Crippen LogP contribution in [0.1, 0.15) is 24.4 Å². The lowest BCUT2D eigenvalue weighted by Gasteiger charge is -2.17. The molecule has 0 bridgehead atoms. The van der Waals surface area contributed by atoms with Gasteiger partial charge in [0.05, 0.1) is 13.2 Å². The Morgan fingerprint density at radius 3 is 2.81 bits per heavy atom. The molecule has 0 saturated carbocycles. The molecule has 0 saturated heterocycles. The van der Waals surface area contributed by atoms with E-state index in [2.05, 4.69) is 28.3 Å². The van der Waals surface area contributed by atoms with Crippen molar-refractivity contribution in [2.45, 2.75) is 19.4 Å². The third-order valence-corrected chi connectivity index (χ3v) is 4.34. The molecule has 0 spiro atoms. The zero-order valence-corrected chi connectivity index (χ0v) is 12.9. The second kappa shape index (κ2) is 6.10. The third kappa shape index (κ3) is 2.69. The van der Waals surface area contributed by atoms with E-state index in [9.17, 15) is 0 Å². The molecule has 0 radical (unpaired) electrons. The summed E-state index contributed by atoms with van der Waals surface area (Å²) in [5, 5.41) is 8.71. The Morgan fingerprint density at radius 2 is 2.10 bits per heavy atom. The normalized spacial score (nSPS) is 12.3. The van der Waals surface area contributed by atoms with Gasteiger partial charge < -0.3 is 10.1 Å². The van der Waals surface area contributed by atoms with E-state index < -0.39 is 0 Å². The summed E-state index contributed by atoms with van der Waals surface area (Å²) in [5.41, 5.74) is 0. The molecule has 1 N–H and O–H groups in total. The lowest BCUT2D eigenvalue weighted by molar-refractivity contribution is 0.420. The van der Waals surface area contributed by atoms with Crippen molar-refractivity contribution >= 4 is 27.9 Å². The zero-order chi connectivity index (χ0) is 14.7. The van der Waals surface area contributed by atoms with Crippen molar-refractivity contribution in [3.05, 3.63) is 47.0 Å². The molecule has 5 heteroatoms. The number of thiazole rings is 1. The highest BCUT2D eigenvalue weighted by atomic mass is 32.1. The summed E-state index contributed by atoms with van der Waals surface area (Å²) in [6, 6.07) is 8.16. The van der Waals surface area contributed by atoms with Gasteiger partial charge in [0.1, 0.15) is 16.6 Å². The van der Waals surface area contributed by atoms with Gasteiger partial charge in [-0.3, -0.25) is 0 Å². The van der Waals surface area contributed by atoms with Crippen LogP contribution in [0.15, 0.2) is 42.0 Å². The molecule has 3 rings (SSSR count). The fraction of sp³-hybridized carbons (Fsp3) is 0.250. The van der Waals surface area contributed by atoms with Gasteiger partial charge in [0.2, 0.25) is 0 Å². The monoisotopic (exact) mass is 299 g/mol. The lowest BCUT2D eigenvalue weighted by atomic mass is 10.1. The van der Waals surface area contributed by atoms with Crippen molar-refractivity contribution in [3.63, 3.8) is 0 Å². The number of hydrogen-bond acceptors (Lipinski definition) is 5. The van der Waals surface area contributed by atoms with Gasteiger partial charge >= 0.3 is 0 Å². The van der Waals surface area contributed by atoms with E-state index in [1.165, 1.54) is 0 Å². The SMILES string of the molecule is CCC(Nc1nccc2c(OC)cccc12)c1nccs1. The first-order valence-corrected chi connectivity index (χ1v) is 7.79. The Hall–Kier alpha value is -2.14. The zero-order valence-electron chi connectivity index (χ0n) is 12.0. The first kappa shape index (κ1) is 13.8. The third-order valence-electron chi connectivity index (χ3n) is 3.45. The fourth-order valence-corrected chi connectivity index (χ4v) is 3.15. The van der Waals surface area contributed by atoms with Crippen LogP contribution in [0.25, 0.3) is 10.8 Å². The maximum absolute atomic E-state index is 5.42. The molecule has 1 aromatic carbocycles. The summed E-state index contributed by atoms with van der Waals surface area (Å²) in [4.78, 5) is 8.89. The minimum atomic E-state index is 0.175. The van der Waals surface area contributed by atoms with Crippen LogP contribution in [0.3, 0.4) is 0 Å². The molecule has 0 amide bonds. The van der Waals surface area contributed by atoms with Crippen LogP contribution in [-0.2, 0) is 0 Å². The first-order valence-electron chi connectivity index (χ1n) is 6.91. The molecule has 4 nitrogen and oxygen atoms in total. The van der Waals surface area contributed by atoms with Crippen molar-refractivity contribution in [2.24, 2.45) is 0 Å². The number of ether oxygens (including phenoxy) is 1. The first-order chi connectivity index (χ1) is 10.3. The Bertz CT molecular complexity index is 727. The predicted molar refractivity (Wildman–Crippen MR) is 87.1 cm³/mol. The number of nitrogens with zero attached hydrogens (tertiary/aromatic N) is 2. The van der Waals surface area contributed by atoms with Crippen LogP contribution in [0.2, 0.25) is 0 Å². The Kier molecular flexibility index (Phi) is 4.01. The molecule has 1 unspecified atom stereocenters. The average Bonchev–Trinajstić information content (AvgIpc) is 3.06. The van der Waals surface area contributed by atoms with E-state index >= 15 is 0 Å². The van der Waals surface area contributed by atoms with E-state index in [4.69, 9.17) is 4.74 Å². The number of methoxy groups -OCH3 is 1. The van der Waals surface area contributed by atoms with E-state index in [0.29, 0.717) is 0 Å². The molecule has 108 valence electrons. The maximum atomic E-state index is 5.42. The van der Waals surface area contributed by atoms with Gasteiger partial charge in [0, 0.05) is 28.5 Å². The number of fused-ring (bicyclic) bond motifs is 1. The highest BCUT2D eigenvalue weighted by molar-refractivity contribution is 7.09. The van der Waals surface area contributed by atoms with Crippen molar-refractivity contribution in [2.75, 3.05) is 12.4 Å². The summed E-state index contributed by atoms with van der Waals surface area (Å²) in [5.74, 6) is 1.73. The van der Waals surface area contributed by atoms with Crippen LogP contribution < -0.4 is 10.1 Å². The Balaban J connectivity index is 2.01. The maximum Gasteiger partial charge on any atom is 0.134 e. The second-order valence-corrected chi connectivity index (χ2v) is 5.62. The Morgan fingerprint density at radius 1 is 1.19 bits per heavy atom. The fourth-order valence-electron chi connectivity index (χ4n) is 2.38. The van der Waals surface area contributed by atoms with Crippen LogP contribution >= 0.6 is 11.3 Å². The van der Waals surface area contributed by atoms with Crippen molar-refractivity contribution in [1.29, 1.82) is 0 Å². The van der Waals surface area contributed by atoms with Crippen LogP contribution in [0.4, 0.5) is 5.82 Å². The molecule has 3 aromatic rings. The average molecular weight is 299 g/mol. The highest BCUT2D eigenvalue weighted by Crippen LogP contribution is 2.31. The number of pyridine rings is 1. The lowest BCUT2D eigenvalue weighted by Crippen LogP contribution is -2.10. The number of rotatable bonds is 5. The van der Waals surface area contributed by atoms with Gasteiger partial charge in [-0.1, -0.05) is 19.1 Å². The number of nitrogens with one attached hydrogen (secondary N) is 1. The van der Waals surface area contributed by atoms with Gasteiger partial charge in [0.25, 0.3) is 0 Å². The minimum Gasteiger partial charge on any atom is -0.496 e. The van der Waals surface area contributed by atoms with Crippen molar-refractivity contribution < 1.29 is 4.74 Å². The predicted octanol–water partition coefficient (Wildman–Crippen LogP) is 4.26. The molecule has 21 heavy (non-hydrogen) atoms. The van der Waals surface area contributed by atoms with Crippen molar-refractivity contribution in [3.8, 4) is 5.75 Å². The molecule has 2 heterocycles. The smallest absolute Gasteiger partial charge is 0.134 e. The summed E-state index contributed by atoms with van der Waals surface area (Å²) >= 11 is 1.66. The van der Waals surface area contributed by atoms with Crippen LogP contribution in [-0.4, -0.2) is 17.1 Å². The summed E-state index contributed by atoms with van der Waals surface area (Å²) in [6.45, 7) is 2.14. The number of aromatic nitrogens is 2. The Labute approximate surface area is 127 Å². The largest absolute Gasteiger partial charge is 0.496 e. The quantitative estimate of drug-likeness (QED) is 0.764. The summed E-state index contributed by atoms with van der Waals surface area (Å²) in [6.07, 6.45) is 4.60. The van der Waals surface area contributed by atoms with Crippen LogP contribution in [0, 0.1) is 0 Å². The standard InChI is InChI=1S/C16H17N3OS/c1-3-13(16-18-9-10-21-16)19-15-12-5-4-6-14(20-2)11(12)7-8-17-15/h4-10,13H,3H2,1-2H3,(H,17,19). The number of benzene rings is 1. The highest BCUT2D eigenvalue weighted by Gasteiger charge is 2.14. The van der Waals surface area contributed by atoms with Crippen molar-refractivity contribution in [1.82, 2.24) is 9.97 Å². The van der Waals surface area contributed by atoms with E-state index in [0.717, 1.165) is 33.8 Å². The molecule has 2 aromatic heterocycles. The number of anilines is 1. The van der Waals surface area contributed by atoms with Crippen LogP contribution in [0.5, 0.6) is 5.75 Å². The van der Waals surface area contributed by atoms with Gasteiger partial charge in [-0.15, -0.1) is 11.3 Å². The van der Waals surface area contributed by atoms with E-state index in [1.54, 1.807) is 18.4 Å². The van der Waals surface area contributed by atoms with Gasteiger partial charge in [-0.2, -0.15) is 0 Å². The van der Waals surface area contributed by atoms with E-state index in [1.807, 2.05) is 36.0 Å². The molecule has 1 atom stereocenters. The summed E-state index contributed by atoms with van der Waals surface area (Å²) in [7, 11) is 1.69. The van der Waals surface area contributed by atoms with Gasteiger partial charge in [-0.05, 0) is 18.6 Å². The number of hydrogen-bond donors (Lipinski definition) is 1. The second-order valence-electron chi connectivity index (χ2n) is 4.69. The summed E-state index contributed by atoms with van der Waals surface area (Å²) < 4.78 is 5.42. The molecular weight excluding hydrogens is 282 g/mol.